The Morgan fingerprint density at radius 3 is 2.93 bits per heavy atom. The van der Waals surface area contributed by atoms with Crippen molar-refractivity contribution in [2.24, 2.45) is 5.92 Å². The van der Waals surface area contributed by atoms with Crippen molar-refractivity contribution in [3.8, 4) is 0 Å². The molecule has 2 heterocycles. The van der Waals surface area contributed by atoms with Crippen molar-refractivity contribution in [3.05, 3.63) is 0 Å². The minimum atomic E-state index is -0.446. The Balaban J connectivity index is 1.93. The van der Waals surface area contributed by atoms with Crippen LogP contribution in [0, 0.1) is 5.92 Å². The third kappa shape index (κ3) is 2.47. The van der Waals surface area contributed by atoms with Crippen molar-refractivity contribution in [3.63, 3.8) is 0 Å². The summed E-state index contributed by atoms with van der Waals surface area (Å²) in [5, 5.41) is 5.87. The van der Waals surface area contributed by atoms with Gasteiger partial charge in [0.25, 0.3) is 0 Å². The number of amides is 2. The minimum Gasteiger partial charge on any atom is -0.348 e. The topological polar surface area (TPSA) is 61.4 Å². The molecular formula is C10H17N3O2. The van der Waals surface area contributed by atoms with Crippen LogP contribution in [-0.2, 0) is 9.59 Å². The van der Waals surface area contributed by atoms with Crippen LogP contribution in [0.25, 0.3) is 0 Å². The second-order valence-electron chi connectivity index (χ2n) is 4.22. The zero-order chi connectivity index (χ0) is 10.7. The fourth-order valence-corrected chi connectivity index (χ4v) is 2.15. The molecule has 2 saturated heterocycles. The molecule has 0 aromatic heterocycles. The number of carbonyl (C=O) groups is 2. The normalized spacial score (nSPS) is 27.7. The minimum absolute atomic E-state index is 0.362. The number of nitrogens with one attached hydrogen (secondary N) is 2. The summed E-state index contributed by atoms with van der Waals surface area (Å²) in [5.41, 5.74) is 0. The fraction of sp³-hybridized carbons (Fsp3) is 0.800. The SMILES string of the molecule is O=C1NCCCN(CC2CCNC2)C1=O. The third-order valence-electron chi connectivity index (χ3n) is 3.01. The van der Waals surface area contributed by atoms with Gasteiger partial charge in [-0.15, -0.1) is 0 Å². The van der Waals surface area contributed by atoms with E-state index >= 15 is 0 Å². The maximum Gasteiger partial charge on any atom is 0.311 e. The number of carbonyl (C=O) groups excluding carboxylic acids is 2. The number of rotatable bonds is 2. The van der Waals surface area contributed by atoms with Gasteiger partial charge in [-0.3, -0.25) is 9.59 Å². The molecule has 2 N–H and O–H groups in total. The monoisotopic (exact) mass is 211 g/mol. The zero-order valence-electron chi connectivity index (χ0n) is 8.79. The molecule has 5 nitrogen and oxygen atoms in total. The average molecular weight is 211 g/mol. The Bertz CT molecular complexity index is 261. The van der Waals surface area contributed by atoms with E-state index in [1.165, 1.54) is 0 Å². The summed E-state index contributed by atoms with van der Waals surface area (Å²) < 4.78 is 0. The van der Waals surface area contributed by atoms with Crippen molar-refractivity contribution < 1.29 is 9.59 Å². The van der Waals surface area contributed by atoms with Crippen LogP contribution in [0.1, 0.15) is 12.8 Å². The van der Waals surface area contributed by atoms with Crippen molar-refractivity contribution in [1.29, 1.82) is 0 Å². The van der Waals surface area contributed by atoms with E-state index < -0.39 is 5.91 Å². The van der Waals surface area contributed by atoms with Gasteiger partial charge in [-0.2, -0.15) is 0 Å². The molecule has 0 saturated carbocycles. The highest BCUT2D eigenvalue weighted by atomic mass is 16.2. The second-order valence-corrected chi connectivity index (χ2v) is 4.22. The highest BCUT2D eigenvalue weighted by molar-refractivity contribution is 6.35. The highest BCUT2D eigenvalue weighted by Gasteiger charge is 2.27. The van der Waals surface area contributed by atoms with E-state index in [0.717, 1.165) is 32.5 Å². The molecule has 0 aromatic rings. The molecule has 0 aromatic carbocycles. The fourth-order valence-electron chi connectivity index (χ4n) is 2.15. The summed E-state index contributed by atoms with van der Waals surface area (Å²) in [6.07, 6.45) is 1.96. The predicted molar refractivity (Wildman–Crippen MR) is 55.2 cm³/mol. The summed E-state index contributed by atoms with van der Waals surface area (Å²) in [7, 11) is 0. The van der Waals surface area contributed by atoms with Gasteiger partial charge in [0, 0.05) is 19.6 Å². The van der Waals surface area contributed by atoms with Crippen LogP contribution in [0.15, 0.2) is 0 Å². The lowest BCUT2D eigenvalue weighted by Gasteiger charge is -2.22. The van der Waals surface area contributed by atoms with Crippen LogP contribution >= 0.6 is 0 Å². The van der Waals surface area contributed by atoms with Gasteiger partial charge in [0.05, 0.1) is 0 Å². The van der Waals surface area contributed by atoms with E-state index in [-0.39, 0.29) is 5.91 Å². The van der Waals surface area contributed by atoms with Crippen molar-refractivity contribution in [2.75, 3.05) is 32.7 Å². The molecule has 1 unspecified atom stereocenters. The Hall–Kier alpha value is -1.10. The molecule has 2 aliphatic heterocycles. The van der Waals surface area contributed by atoms with E-state index in [1.807, 2.05) is 0 Å². The summed E-state index contributed by atoms with van der Waals surface area (Å²) >= 11 is 0. The van der Waals surface area contributed by atoms with Gasteiger partial charge < -0.3 is 15.5 Å². The first-order valence-corrected chi connectivity index (χ1v) is 5.55. The van der Waals surface area contributed by atoms with Gasteiger partial charge in [-0.1, -0.05) is 0 Å². The average Bonchev–Trinajstić information content (AvgIpc) is 2.68. The van der Waals surface area contributed by atoms with Gasteiger partial charge in [0.1, 0.15) is 0 Å². The molecule has 2 aliphatic rings. The molecule has 5 heteroatoms. The number of nitrogens with zero attached hydrogens (tertiary/aromatic N) is 1. The summed E-state index contributed by atoms with van der Waals surface area (Å²) in [4.78, 5) is 24.6. The van der Waals surface area contributed by atoms with Crippen LogP contribution in [-0.4, -0.2) is 49.4 Å². The van der Waals surface area contributed by atoms with E-state index in [0.29, 0.717) is 19.0 Å². The Kier molecular flexibility index (Phi) is 3.20. The Morgan fingerprint density at radius 2 is 2.20 bits per heavy atom. The molecule has 0 radical (unpaired) electrons. The van der Waals surface area contributed by atoms with Crippen molar-refractivity contribution >= 4 is 11.8 Å². The van der Waals surface area contributed by atoms with Crippen molar-refractivity contribution in [2.45, 2.75) is 12.8 Å². The first-order chi connectivity index (χ1) is 7.27. The molecule has 2 fully saturated rings. The van der Waals surface area contributed by atoms with E-state index in [2.05, 4.69) is 10.6 Å². The molecule has 0 spiro atoms. The molecule has 0 aliphatic carbocycles. The smallest absolute Gasteiger partial charge is 0.311 e. The van der Waals surface area contributed by atoms with Gasteiger partial charge in [-0.05, 0) is 31.8 Å². The van der Waals surface area contributed by atoms with Gasteiger partial charge in [-0.25, -0.2) is 0 Å². The summed E-state index contributed by atoms with van der Waals surface area (Å²) in [6.45, 7) is 4.03. The van der Waals surface area contributed by atoms with E-state index in [1.54, 1.807) is 4.90 Å². The lowest BCUT2D eigenvalue weighted by Crippen LogP contribution is -2.42. The van der Waals surface area contributed by atoms with Crippen LogP contribution in [0.2, 0.25) is 0 Å². The first kappa shape index (κ1) is 10.4. The standard InChI is InChI=1S/C10H17N3O2/c14-9-10(15)13(5-1-3-12-9)7-8-2-4-11-6-8/h8,11H,1-7H2,(H,12,14). The molecular weight excluding hydrogens is 194 g/mol. The van der Waals surface area contributed by atoms with Crippen molar-refractivity contribution in [1.82, 2.24) is 15.5 Å². The third-order valence-corrected chi connectivity index (χ3v) is 3.01. The second kappa shape index (κ2) is 4.61. The van der Waals surface area contributed by atoms with Gasteiger partial charge in [0.2, 0.25) is 0 Å². The molecule has 2 rings (SSSR count). The van der Waals surface area contributed by atoms with E-state index in [9.17, 15) is 9.59 Å². The number of hydrogen-bond acceptors (Lipinski definition) is 3. The quantitative estimate of drug-likeness (QED) is 0.573. The van der Waals surface area contributed by atoms with Crippen LogP contribution in [0.4, 0.5) is 0 Å². The predicted octanol–water partition coefficient (Wildman–Crippen LogP) is -1.06. The maximum atomic E-state index is 11.6. The Labute approximate surface area is 89.2 Å². The Morgan fingerprint density at radius 1 is 1.33 bits per heavy atom. The number of hydrogen-bond donors (Lipinski definition) is 2. The van der Waals surface area contributed by atoms with Crippen LogP contribution < -0.4 is 10.6 Å². The van der Waals surface area contributed by atoms with E-state index in [4.69, 9.17) is 0 Å². The largest absolute Gasteiger partial charge is 0.348 e. The van der Waals surface area contributed by atoms with Gasteiger partial charge in [0.15, 0.2) is 0 Å². The lowest BCUT2D eigenvalue weighted by atomic mass is 10.1. The summed E-state index contributed by atoms with van der Waals surface area (Å²) in [6, 6.07) is 0. The molecule has 1 atom stereocenters. The van der Waals surface area contributed by atoms with Crippen LogP contribution in [0.3, 0.4) is 0 Å². The zero-order valence-corrected chi connectivity index (χ0v) is 8.79. The molecule has 15 heavy (non-hydrogen) atoms. The lowest BCUT2D eigenvalue weighted by molar-refractivity contribution is -0.145. The molecule has 84 valence electrons. The first-order valence-electron chi connectivity index (χ1n) is 5.55. The van der Waals surface area contributed by atoms with Gasteiger partial charge >= 0.3 is 11.8 Å². The van der Waals surface area contributed by atoms with Crippen LogP contribution in [0.5, 0.6) is 0 Å². The molecule has 2 amide bonds. The maximum absolute atomic E-state index is 11.6. The summed E-state index contributed by atoms with van der Waals surface area (Å²) in [5.74, 6) is -0.294. The highest BCUT2D eigenvalue weighted by Crippen LogP contribution is 2.11. The molecule has 0 bridgehead atoms.